The number of aryl methyl sites for hydroxylation is 1. The molecule has 2 N–H and O–H groups in total. The van der Waals surface area contributed by atoms with Crippen molar-refractivity contribution in [3.8, 4) is 0 Å². The maximum atomic E-state index is 12.4. The lowest BCUT2D eigenvalue weighted by Crippen LogP contribution is -2.43. The molecule has 3 rings (SSSR count). The van der Waals surface area contributed by atoms with Crippen LogP contribution in [0.2, 0.25) is 0 Å². The van der Waals surface area contributed by atoms with Crippen LogP contribution < -0.4 is 16.6 Å². The molecule has 1 saturated heterocycles. The van der Waals surface area contributed by atoms with Crippen LogP contribution in [0.1, 0.15) is 50.5 Å². The van der Waals surface area contributed by atoms with E-state index in [1.807, 2.05) is 4.90 Å². The number of hydrogen-bond acceptors (Lipinski definition) is 4. The minimum atomic E-state index is -0.613. The van der Waals surface area contributed by atoms with Gasteiger partial charge in [0, 0.05) is 30.8 Å². The van der Waals surface area contributed by atoms with Gasteiger partial charge in [0.15, 0.2) is 0 Å². The van der Waals surface area contributed by atoms with E-state index in [4.69, 9.17) is 0 Å². The molecule has 1 aromatic heterocycles. The van der Waals surface area contributed by atoms with Gasteiger partial charge in [-0.3, -0.25) is 23.9 Å². The van der Waals surface area contributed by atoms with E-state index >= 15 is 0 Å². The molecular formula is C18H26N4O4. The van der Waals surface area contributed by atoms with Crippen LogP contribution in [0.5, 0.6) is 0 Å². The van der Waals surface area contributed by atoms with Gasteiger partial charge in [-0.2, -0.15) is 0 Å². The molecule has 1 aliphatic carbocycles. The highest BCUT2D eigenvalue weighted by Crippen LogP contribution is 2.25. The van der Waals surface area contributed by atoms with E-state index in [1.54, 1.807) is 6.92 Å². The van der Waals surface area contributed by atoms with Crippen LogP contribution in [0.4, 0.5) is 0 Å². The third kappa shape index (κ3) is 4.23. The van der Waals surface area contributed by atoms with E-state index in [2.05, 4.69) is 10.3 Å². The van der Waals surface area contributed by atoms with Gasteiger partial charge in [-0.1, -0.05) is 25.7 Å². The van der Waals surface area contributed by atoms with Crippen LogP contribution >= 0.6 is 0 Å². The fourth-order valence-electron chi connectivity index (χ4n) is 3.91. The van der Waals surface area contributed by atoms with Gasteiger partial charge in [0.2, 0.25) is 11.8 Å². The molecule has 8 heteroatoms. The molecule has 0 aromatic carbocycles. The van der Waals surface area contributed by atoms with Gasteiger partial charge in [-0.05, 0) is 19.8 Å². The summed E-state index contributed by atoms with van der Waals surface area (Å²) in [5, 5.41) is 2.85. The minimum absolute atomic E-state index is 0.0965. The molecule has 26 heavy (non-hydrogen) atoms. The van der Waals surface area contributed by atoms with E-state index in [0.717, 1.165) is 25.7 Å². The summed E-state index contributed by atoms with van der Waals surface area (Å²) in [5.74, 6) is -0.238. The Balaban J connectivity index is 1.58. The van der Waals surface area contributed by atoms with Crippen molar-refractivity contribution in [3.05, 3.63) is 32.6 Å². The van der Waals surface area contributed by atoms with E-state index in [1.165, 1.54) is 23.6 Å². The number of aromatic amines is 1. The predicted octanol–water partition coefficient (Wildman–Crippen LogP) is 0.285. The molecular weight excluding hydrogens is 336 g/mol. The number of nitrogens with zero attached hydrogens (tertiary/aromatic N) is 2. The Bertz CT molecular complexity index is 789. The molecule has 0 spiro atoms. The number of H-pyrrole nitrogens is 1. The average Bonchev–Trinajstić information content (AvgIpc) is 2.79. The highest BCUT2D eigenvalue weighted by atomic mass is 16.2. The monoisotopic (exact) mass is 362 g/mol. The standard InChI is InChI=1S/C18H26N4O4/c1-12-9-21(18(26)20-17(12)25)11-15(23)19-13-8-16(24)22(10-13)14-6-4-2-3-5-7-14/h9,13-14H,2-8,10-11H2,1H3,(H,19,23)(H,20,25,26)/t13-/m0/s1. The molecule has 1 saturated carbocycles. The molecule has 2 amide bonds. The van der Waals surface area contributed by atoms with Crippen molar-refractivity contribution in [2.45, 2.75) is 70.5 Å². The van der Waals surface area contributed by atoms with Crippen LogP contribution in [0, 0.1) is 6.92 Å². The first-order chi connectivity index (χ1) is 12.4. The fraction of sp³-hybridized carbons (Fsp3) is 0.667. The third-order valence-corrected chi connectivity index (χ3v) is 5.29. The number of nitrogens with one attached hydrogen (secondary N) is 2. The maximum Gasteiger partial charge on any atom is 0.328 e. The fourth-order valence-corrected chi connectivity index (χ4v) is 3.91. The number of likely N-dealkylation sites (tertiary alicyclic amines) is 1. The zero-order valence-corrected chi connectivity index (χ0v) is 15.1. The first kappa shape index (κ1) is 18.4. The van der Waals surface area contributed by atoms with E-state index < -0.39 is 11.2 Å². The Morgan fingerprint density at radius 3 is 2.58 bits per heavy atom. The first-order valence-corrected chi connectivity index (χ1v) is 9.33. The van der Waals surface area contributed by atoms with Crippen LogP contribution in [-0.2, 0) is 16.1 Å². The zero-order valence-electron chi connectivity index (χ0n) is 15.1. The zero-order chi connectivity index (χ0) is 18.7. The van der Waals surface area contributed by atoms with Crippen molar-refractivity contribution in [3.63, 3.8) is 0 Å². The Hall–Kier alpha value is -2.38. The van der Waals surface area contributed by atoms with E-state index in [-0.39, 0.29) is 30.4 Å². The van der Waals surface area contributed by atoms with Gasteiger partial charge in [-0.15, -0.1) is 0 Å². The first-order valence-electron chi connectivity index (χ1n) is 9.33. The second-order valence-electron chi connectivity index (χ2n) is 7.36. The molecule has 2 aliphatic rings. The number of carbonyl (C=O) groups excluding carboxylic acids is 2. The van der Waals surface area contributed by atoms with Crippen molar-refractivity contribution >= 4 is 11.8 Å². The van der Waals surface area contributed by atoms with Gasteiger partial charge < -0.3 is 10.2 Å². The molecule has 2 heterocycles. The molecule has 142 valence electrons. The summed E-state index contributed by atoms with van der Waals surface area (Å²) in [5.41, 5.74) is -0.696. The van der Waals surface area contributed by atoms with Crippen molar-refractivity contribution in [2.75, 3.05) is 6.54 Å². The lowest BCUT2D eigenvalue weighted by molar-refractivity contribution is -0.129. The highest BCUT2D eigenvalue weighted by molar-refractivity contribution is 5.82. The summed E-state index contributed by atoms with van der Waals surface area (Å²) in [4.78, 5) is 51.9. The molecule has 0 bridgehead atoms. The summed E-state index contributed by atoms with van der Waals surface area (Å²) < 4.78 is 1.17. The Morgan fingerprint density at radius 1 is 1.19 bits per heavy atom. The highest BCUT2D eigenvalue weighted by Gasteiger charge is 2.35. The smallest absolute Gasteiger partial charge is 0.328 e. The third-order valence-electron chi connectivity index (χ3n) is 5.29. The molecule has 1 atom stereocenters. The largest absolute Gasteiger partial charge is 0.350 e. The van der Waals surface area contributed by atoms with Gasteiger partial charge in [0.05, 0.1) is 6.04 Å². The lowest BCUT2D eigenvalue weighted by atomic mass is 10.1. The Labute approximate surface area is 151 Å². The van der Waals surface area contributed by atoms with Crippen molar-refractivity contribution in [2.24, 2.45) is 0 Å². The van der Waals surface area contributed by atoms with E-state index in [9.17, 15) is 19.2 Å². The van der Waals surface area contributed by atoms with Gasteiger partial charge in [-0.25, -0.2) is 4.79 Å². The van der Waals surface area contributed by atoms with Crippen LogP contribution in [-0.4, -0.2) is 44.9 Å². The van der Waals surface area contributed by atoms with Crippen LogP contribution in [0.25, 0.3) is 0 Å². The van der Waals surface area contributed by atoms with Gasteiger partial charge in [0.1, 0.15) is 6.54 Å². The van der Waals surface area contributed by atoms with Crippen LogP contribution in [0.15, 0.2) is 15.8 Å². The molecule has 1 aliphatic heterocycles. The summed E-state index contributed by atoms with van der Waals surface area (Å²) >= 11 is 0. The maximum absolute atomic E-state index is 12.4. The van der Waals surface area contributed by atoms with Gasteiger partial charge in [0.25, 0.3) is 5.56 Å². The lowest BCUT2D eigenvalue weighted by Gasteiger charge is -2.27. The molecule has 8 nitrogen and oxygen atoms in total. The summed E-state index contributed by atoms with van der Waals surface area (Å²) in [6.07, 6.45) is 8.52. The number of hydrogen-bond donors (Lipinski definition) is 2. The van der Waals surface area contributed by atoms with Crippen molar-refractivity contribution < 1.29 is 9.59 Å². The second-order valence-corrected chi connectivity index (χ2v) is 7.36. The summed E-state index contributed by atoms with van der Waals surface area (Å²) in [6.45, 7) is 1.94. The number of carbonyl (C=O) groups is 2. The minimum Gasteiger partial charge on any atom is -0.350 e. The second kappa shape index (κ2) is 7.88. The topological polar surface area (TPSA) is 104 Å². The number of aromatic nitrogens is 2. The number of amides is 2. The average molecular weight is 362 g/mol. The Morgan fingerprint density at radius 2 is 1.88 bits per heavy atom. The number of rotatable bonds is 4. The van der Waals surface area contributed by atoms with E-state index in [0.29, 0.717) is 18.5 Å². The Kier molecular flexibility index (Phi) is 5.58. The molecule has 2 fully saturated rings. The van der Waals surface area contributed by atoms with Gasteiger partial charge >= 0.3 is 5.69 Å². The van der Waals surface area contributed by atoms with Crippen LogP contribution in [0.3, 0.4) is 0 Å². The predicted molar refractivity (Wildman–Crippen MR) is 95.8 cm³/mol. The SMILES string of the molecule is Cc1cn(CC(=O)N[C@H]2CC(=O)N(C3CCCCCC3)C2)c(=O)[nH]c1=O. The molecule has 1 aromatic rings. The molecule has 0 unspecified atom stereocenters. The summed E-state index contributed by atoms with van der Waals surface area (Å²) in [6, 6.07) is 0.0641. The normalized spacial score (nSPS) is 21.7. The quantitative estimate of drug-likeness (QED) is 0.751. The summed E-state index contributed by atoms with van der Waals surface area (Å²) in [7, 11) is 0. The molecule has 0 radical (unpaired) electrons. The van der Waals surface area contributed by atoms with Crippen molar-refractivity contribution in [1.29, 1.82) is 0 Å². The van der Waals surface area contributed by atoms with Crippen molar-refractivity contribution in [1.82, 2.24) is 19.8 Å².